The standard InChI is InChI=1S/C21H32ClFO2/c1-3-4-5-6-7-8-9-10-11-12-14-17(2)25-21(24)18-15-13-16-19(22)20(18)23/h13,15-17H,3-12,14H2,1-2H3. The average Bonchev–Trinajstić information content (AvgIpc) is 2.58. The van der Waals surface area contributed by atoms with Crippen LogP contribution in [0.2, 0.25) is 5.02 Å². The normalized spacial score (nSPS) is 12.2. The van der Waals surface area contributed by atoms with Gasteiger partial charge in [0, 0.05) is 0 Å². The molecule has 0 radical (unpaired) electrons. The molecular weight excluding hydrogens is 339 g/mol. The van der Waals surface area contributed by atoms with E-state index in [0.29, 0.717) is 0 Å². The minimum atomic E-state index is -0.708. The van der Waals surface area contributed by atoms with Crippen molar-refractivity contribution in [3.05, 3.63) is 34.6 Å². The third kappa shape index (κ3) is 9.25. The Morgan fingerprint density at radius 2 is 1.60 bits per heavy atom. The van der Waals surface area contributed by atoms with Crippen LogP contribution in [-0.4, -0.2) is 12.1 Å². The van der Waals surface area contributed by atoms with Gasteiger partial charge in [-0.2, -0.15) is 0 Å². The second kappa shape index (κ2) is 13.2. The molecule has 0 aromatic heterocycles. The highest BCUT2D eigenvalue weighted by atomic mass is 35.5. The highest BCUT2D eigenvalue weighted by molar-refractivity contribution is 6.31. The van der Waals surface area contributed by atoms with Gasteiger partial charge in [0.05, 0.1) is 16.7 Å². The van der Waals surface area contributed by atoms with E-state index in [1.807, 2.05) is 6.92 Å². The molecule has 142 valence electrons. The Hall–Kier alpha value is -1.09. The molecule has 0 saturated carbocycles. The molecule has 0 bridgehead atoms. The van der Waals surface area contributed by atoms with E-state index >= 15 is 0 Å². The van der Waals surface area contributed by atoms with Crippen molar-refractivity contribution in [2.45, 2.75) is 90.6 Å². The molecule has 0 amide bonds. The van der Waals surface area contributed by atoms with Crippen LogP contribution in [0.4, 0.5) is 4.39 Å². The van der Waals surface area contributed by atoms with Gasteiger partial charge in [-0.1, -0.05) is 82.4 Å². The highest BCUT2D eigenvalue weighted by Crippen LogP contribution is 2.20. The van der Waals surface area contributed by atoms with E-state index in [9.17, 15) is 9.18 Å². The van der Waals surface area contributed by atoms with Gasteiger partial charge in [-0.05, 0) is 31.9 Å². The van der Waals surface area contributed by atoms with E-state index in [1.54, 1.807) is 6.07 Å². The Balaban J connectivity index is 2.10. The topological polar surface area (TPSA) is 26.3 Å². The number of unbranched alkanes of at least 4 members (excludes halogenated alkanes) is 9. The van der Waals surface area contributed by atoms with Crippen molar-refractivity contribution >= 4 is 17.6 Å². The molecule has 0 heterocycles. The number of carbonyl (C=O) groups excluding carboxylic acids is 1. The fourth-order valence-corrected chi connectivity index (χ4v) is 3.06. The maximum Gasteiger partial charge on any atom is 0.341 e. The zero-order chi connectivity index (χ0) is 18.5. The zero-order valence-electron chi connectivity index (χ0n) is 15.7. The molecule has 2 nitrogen and oxygen atoms in total. The Kier molecular flexibility index (Phi) is 11.6. The number of benzene rings is 1. The summed E-state index contributed by atoms with van der Waals surface area (Å²) >= 11 is 5.69. The van der Waals surface area contributed by atoms with E-state index in [1.165, 1.54) is 63.5 Å². The lowest BCUT2D eigenvalue weighted by atomic mass is 10.0. The molecular formula is C21H32ClFO2. The van der Waals surface area contributed by atoms with Gasteiger partial charge in [-0.3, -0.25) is 0 Å². The summed E-state index contributed by atoms with van der Waals surface area (Å²) < 4.78 is 19.1. The summed E-state index contributed by atoms with van der Waals surface area (Å²) in [4.78, 5) is 12.0. The van der Waals surface area contributed by atoms with Crippen LogP contribution in [0.25, 0.3) is 0 Å². The second-order valence-electron chi connectivity index (χ2n) is 6.79. The predicted octanol–water partition coefficient (Wildman–Crippen LogP) is 7.34. The molecule has 1 aromatic rings. The summed E-state index contributed by atoms with van der Waals surface area (Å²) in [5.74, 6) is -1.35. The first-order valence-corrected chi connectivity index (χ1v) is 10.1. The Morgan fingerprint density at radius 3 is 2.20 bits per heavy atom. The zero-order valence-corrected chi connectivity index (χ0v) is 16.4. The SMILES string of the molecule is CCCCCCCCCCCCC(C)OC(=O)c1cccc(Cl)c1F. The van der Waals surface area contributed by atoms with Crippen molar-refractivity contribution in [1.82, 2.24) is 0 Å². The molecule has 0 aliphatic heterocycles. The lowest BCUT2D eigenvalue weighted by molar-refractivity contribution is 0.0314. The first kappa shape index (κ1) is 22.0. The third-order valence-corrected chi connectivity index (χ3v) is 4.74. The van der Waals surface area contributed by atoms with E-state index < -0.39 is 11.8 Å². The van der Waals surface area contributed by atoms with Gasteiger partial charge < -0.3 is 4.74 Å². The van der Waals surface area contributed by atoms with Gasteiger partial charge >= 0.3 is 5.97 Å². The number of carbonyl (C=O) groups is 1. The molecule has 1 atom stereocenters. The van der Waals surface area contributed by atoms with Gasteiger partial charge in [-0.15, -0.1) is 0 Å². The lowest BCUT2D eigenvalue weighted by Crippen LogP contribution is -2.16. The molecule has 1 unspecified atom stereocenters. The van der Waals surface area contributed by atoms with Crippen molar-refractivity contribution in [1.29, 1.82) is 0 Å². The monoisotopic (exact) mass is 370 g/mol. The molecule has 0 spiro atoms. The number of hydrogen-bond donors (Lipinski definition) is 0. The minimum absolute atomic E-state index is 0.0585. The van der Waals surface area contributed by atoms with Gasteiger partial charge in [0.2, 0.25) is 0 Å². The van der Waals surface area contributed by atoms with Gasteiger partial charge in [-0.25, -0.2) is 9.18 Å². The summed E-state index contributed by atoms with van der Waals surface area (Å²) in [7, 11) is 0. The van der Waals surface area contributed by atoms with Crippen LogP contribution in [0, 0.1) is 5.82 Å². The van der Waals surface area contributed by atoms with Crippen molar-refractivity contribution in [2.75, 3.05) is 0 Å². The first-order chi connectivity index (χ1) is 12.1. The largest absolute Gasteiger partial charge is 0.459 e. The molecule has 25 heavy (non-hydrogen) atoms. The van der Waals surface area contributed by atoms with Crippen LogP contribution in [-0.2, 0) is 4.74 Å². The van der Waals surface area contributed by atoms with Gasteiger partial charge in [0.15, 0.2) is 5.82 Å². The first-order valence-electron chi connectivity index (χ1n) is 9.71. The maximum atomic E-state index is 13.8. The van der Waals surface area contributed by atoms with Crippen molar-refractivity contribution in [3.63, 3.8) is 0 Å². The summed E-state index contributed by atoms with van der Waals surface area (Å²) in [5, 5.41) is -0.0585. The van der Waals surface area contributed by atoms with Crippen molar-refractivity contribution < 1.29 is 13.9 Å². The number of hydrogen-bond acceptors (Lipinski definition) is 2. The van der Waals surface area contributed by atoms with E-state index in [4.69, 9.17) is 16.3 Å². The van der Waals surface area contributed by atoms with E-state index in [-0.39, 0.29) is 16.7 Å². The van der Waals surface area contributed by atoms with Gasteiger partial charge in [0.1, 0.15) is 0 Å². The van der Waals surface area contributed by atoms with Crippen molar-refractivity contribution in [3.8, 4) is 0 Å². The molecule has 0 aliphatic carbocycles. The van der Waals surface area contributed by atoms with Crippen LogP contribution in [0.1, 0.15) is 94.8 Å². The Bertz CT molecular complexity index is 505. The molecule has 1 rings (SSSR count). The van der Waals surface area contributed by atoms with Crippen LogP contribution in [0.3, 0.4) is 0 Å². The number of rotatable bonds is 13. The van der Waals surface area contributed by atoms with E-state index in [0.717, 1.165) is 19.3 Å². The molecule has 4 heteroatoms. The molecule has 0 aliphatic rings. The molecule has 1 aromatic carbocycles. The maximum absolute atomic E-state index is 13.8. The lowest BCUT2D eigenvalue weighted by Gasteiger charge is -2.13. The Morgan fingerprint density at radius 1 is 1.04 bits per heavy atom. The molecule has 0 fully saturated rings. The van der Waals surface area contributed by atoms with Crippen molar-refractivity contribution in [2.24, 2.45) is 0 Å². The molecule has 0 N–H and O–H groups in total. The summed E-state index contributed by atoms with van der Waals surface area (Å²) in [6.07, 6.45) is 13.4. The fraction of sp³-hybridized carbons (Fsp3) is 0.667. The summed E-state index contributed by atoms with van der Waals surface area (Å²) in [5.41, 5.74) is -0.0950. The summed E-state index contributed by atoms with van der Waals surface area (Å²) in [6.45, 7) is 4.10. The van der Waals surface area contributed by atoms with Crippen LogP contribution in [0.15, 0.2) is 18.2 Å². The van der Waals surface area contributed by atoms with Crippen LogP contribution in [0.5, 0.6) is 0 Å². The van der Waals surface area contributed by atoms with E-state index in [2.05, 4.69) is 6.92 Å². The smallest absolute Gasteiger partial charge is 0.341 e. The fourth-order valence-electron chi connectivity index (χ4n) is 2.89. The number of ether oxygens (including phenoxy) is 1. The quantitative estimate of drug-likeness (QED) is 0.268. The van der Waals surface area contributed by atoms with Crippen LogP contribution < -0.4 is 0 Å². The highest BCUT2D eigenvalue weighted by Gasteiger charge is 2.17. The second-order valence-corrected chi connectivity index (χ2v) is 7.20. The number of halogens is 2. The predicted molar refractivity (Wildman–Crippen MR) is 103 cm³/mol. The average molecular weight is 371 g/mol. The molecule has 0 saturated heterocycles. The minimum Gasteiger partial charge on any atom is -0.459 e. The Labute approximate surface area is 157 Å². The number of esters is 1. The van der Waals surface area contributed by atoms with Gasteiger partial charge in [0.25, 0.3) is 0 Å². The van der Waals surface area contributed by atoms with Crippen LogP contribution >= 0.6 is 11.6 Å². The summed E-state index contributed by atoms with van der Waals surface area (Å²) in [6, 6.07) is 4.37. The third-order valence-electron chi connectivity index (χ3n) is 4.44.